The van der Waals surface area contributed by atoms with Crippen LogP contribution in [0.15, 0.2) is 24.3 Å². The summed E-state index contributed by atoms with van der Waals surface area (Å²) in [4.78, 5) is 11.3. The minimum absolute atomic E-state index is 0.0157. The SMILES string of the molecule is COC(=O)N1Cc2ccccc2NS1(=O)=O. The maximum Gasteiger partial charge on any atom is 0.424 e. The lowest BCUT2D eigenvalue weighted by Crippen LogP contribution is -2.43. The van der Waals surface area contributed by atoms with Crippen molar-refractivity contribution < 1.29 is 17.9 Å². The van der Waals surface area contributed by atoms with Gasteiger partial charge in [-0.3, -0.25) is 4.72 Å². The number of methoxy groups -OCH3 is 1. The van der Waals surface area contributed by atoms with Gasteiger partial charge in [-0.15, -0.1) is 0 Å². The molecule has 0 saturated heterocycles. The molecule has 1 aliphatic rings. The van der Waals surface area contributed by atoms with Crippen LogP contribution in [-0.4, -0.2) is 25.9 Å². The number of fused-ring (bicyclic) bond motifs is 1. The van der Waals surface area contributed by atoms with Crippen LogP contribution in [-0.2, 0) is 21.5 Å². The second kappa shape index (κ2) is 3.67. The zero-order valence-corrected chi connectivity index (χ0v) is 9.32. The molecule has 1 aromatic rings. The van der Waals surface area contributed by atoms with Crippen molar-refractivity contribution >= 4 is 22.0 Å². The second-order valence-electron chi connectivity index (χ2n) is 3.24. The predicted molar refractivity (Wildman–Crippen MR) is 56.9 cm³/mol. The number of nitrogens with zero attached hydrogens (tertiary/aromatic N) is 1. The van der Waals surface area contributed by atoms with Crippen LogP contribution in [0.1, 0.15) is 5.56 Å². The maximum absolute atomic E-state index is 11.7. The molecular weight excluding hydrogens is 232 g/mol. The highest BCUT2D eigenvalue weighted by atomic mass is 32.2. The van der Waals surface area contributed by atoms with E-state index in [4.69, 9.17) is 0 Å². The predicted octanol–water partition coefficient (Wildman–Crippen LogP) is 0.925. The first-order chi connectivity index (χ1) is 7.54. The number of nitrogens with one attached hydrogen (secondary N) is 1. The number of ether oxygens (including phenoxy) is 1. The lowest BCUT2D eigenvalue weighted by molar-refractivity contribution is 0.147. The van der Waals surface area contributed by atoms with Gasteiger partial charge in [0.2, 0.25) is 0 Å². The van der Waals surface area contributed by atoms with E-state index >= 15 is 0 Å². The number of carbonyl (C=O) groups is 1. The largest absolute Gasteiger partial charge is 0.452 e. The summed E-state index contributed by atoms with van der Waals surface area (Å²) in [6.45, 7) is -0.0157. The zero-order chi connectivity index (χ0) is 11.8. The molecule has 0 aliphatic carbocycles. The van der Waals surface area contributed by atoms with E-state index in [1.165, 1.54) is 0 Å². The van der Waals surface area contributed by atoms with Crippen molar-refractivity contribution in [2.45, 2.75) is 6.54 Å². The van der Waals surface area contributed by atoms with E-state index in [2.05, 4.69) is 9.46 Å². The van der Waals surface area contributed by atoms with Gasteiger partial charge in [0.05, 0.1) is 19.3 Å². The van der Waals surface area contributed by atoms with Crippen molar-refractivity contribution in [1.29, 1.82) is 0 Å². The summed E-state index contributed by atoms with van der Waals surface area (Å²) in [7, 11) is -2.70. The average molecular weight is 242 g/mol. The van der Waals surface area contributed by atoms with E-state index in [1.807, 2.05) is 0 Å². The zero-order valence-electron chi connectivity index (χ0n) is 8.50. The molecule has 0 bridgehead atoms. The summed E-state index contributed by atoms with van der Waals surface area (Å²) in [6, 6.07) is 6.87. The van der Waals surface area contributed by atoms with Crippen LogP contribution in [0.3, 0.4) is 0 Å². The van der Waals surface area contributed by atoms with Gasteiger partial charge < -0.3 is 4.74 Å². The molecule has 0 saturated carbocycles. The number of para-hydroxylation sites is 1. The Balaban J connectivity index is 2.43. The molecule has 86 valence electrons. The van der Waals surface area contributed by atoms with Gasteiger partial charge in [-0.2, -0.15) is 12.7 Å². The Labute approximate surface area is 93.0 Å². The van der Waals surface area contributed by atoms with E-state index in [1.54, 1.807) is 24.3 Å². The van der Waals surface area contributed by atoms with Gasteiger partial charge in [0, 0.05) is 0 Å². The Bertz CT molecular complexity index is 526. The highest BCUT2D eigenvalue weighted by molar-refractivity contribution is 7.91. The van der Waals surface area contributed by atoms with Crippen LogP contribution in [0.25, 0.3) is 0 Å². The van der Waals surface area contributed by atoms with E-state index in [9.17, 15) is 13.2 Å². The summed E-state index contributed by atoms with van der Waals surface area (Å²) >= 11 is 0. The van der Waals surface area contributed by atoms with Crippen molar-refractivity contribution in [2.75, 3.05) is 11.8 Å². The molecule has 7 heteroatoms. The number of hydrogen-bond donors (Lipinski definition) is 1. The van der Waals surface area contributed by atoms with Gasteiger partial charge in [-0.25, -0.2) is 4.79 Å². The van der Waals surface area contributed by atoms with Gasteiger partial charge >= 0.3 is 16.3 Å². The van der Waals surface area contributed by atoms with E-state index < -0.39 is 16.3 Å². The molecule has 16 heavy (non-hydrogen) atoms. The molecule has 0 unspecified atom stereocenters. The Hall–Kier alpha value is -1.76. The molecule has 2 rings (SSSR count). The molecular formula is C9H10N2O4S. The number of hydrogen-bond acceptors (Lipinski definition) is 4. The lowest BCUT2D eigenvalue weighted by atomic mass is 10.2. The lowest BCUT2D eigenvalue weighted by Gasteiger charge is -2.27. The average Bonchev–Trinajstić information content (AvgIpc) is 2.26. The Morgan fingerprint density at radius 2 is 2.12 bits per heavy atom. The van der Waals surface area contributed by atoms with Crippen molar-refractivity contribution in [3.05, 3.63) is 29.8 Å². The van der Waals surface area contributed by atoms with Crippen LogP contribution >= 0.6 is 0 Å². The molecule has 1 aliphatic heterocycles. The third kappa shape index (κ3) is 1.69. The minimum atomic E-state index is -3.84. The van der Waals surface area contributed by atoms with Crippen molar-refractivity contribution in [3.63, 3.8) is 0 Å². The Morgan fingerprint density at radius 1 is 1.44 bits per heavy atom. The number of rotatable bonds is 0. The van der Waals surface area contributed by atoms with Gasteiger partial charge in [0.1, 0.15) is 0 Å². The van der Waals surface area contributed by atoms with Gasteiger partial charge in [0.25, 0.3) is 0 Å². The quantitative estimate of drug-likeness (QED) is 0.734. The molecule has 1 amide bonds. The summed E-state index contributed by atoms with van der Waals surface area (Å²) in [6.07, 6.45) is -0.901. The van der Waals surface area contributed by atoms with Crippen LogP contribution in [0.4, 0.5) is 10.5 Å². The number of carbonyl (C=O) groups excluding carboxylic acids is 1. The molecule has 1 aromatic carbocycles. The molecule has 0 radical (unpaired) electrons. The van der Waals surface area contributed by atoms with Crippen molar-refractivity contribution in [3.8, 4) is 0 Å². The monoisotopic (exact) mass is 242 g/mol. The number of benzene rings is 1. The molecule has 0 atom stereocenters. The van der Waals surface area contributed by atoms with Crippen molar-refractivity contribution in [2.24, 2.45) is 0 Å². The van der Waals surface area contributed by atoms with Gasteiger partial charge in [0.15, 0.2) is 0 Å². The molecule has 0 fully saturated rings. The summed E-state index contributed by atoms with van der Waals surface area (Å²) < 4.78 is 30.7. The third-order valence-electron chi connectivity index (χ3n) is 2.24. The topological polar surface area (TPSA) is 75.7 Å². The standard InChI is InChI=1S/C9H10N2O4S/c1-15-9(12)11-6-7-4-2-3-5-8(7)10-16(11,13)14/h2-5,10H,6H2,1H3. The van der Waals surface area contributed by atoms with Crippen LogP contribution in [0.2, 0.25) is 0 Å². The van der Waals surface area contributed by atoms with Crippen LogP contribution < -0.4 is 4.72 Å². The summed E-state index contributed by atoms with van der Waals surface area (Å²) in [5.74, 6) is 0. The molecule has 0 spiro atoms. The minimum Gasteiger partial charge on any atom is -0.452 e. The fourth-order valence-electron chi connectivity index (χ4n) is 1.46. The molecule has 0 aromatic heterocycles. The van der Waals surface area contributed by atoms with Crippen LogP contribution in [0.5, 0.6) is 0 Å². The molecule has 1 heterocycles. The second-order valence-corrected chi connectivity index (χ2v) is 4.84. The fraction of sp³-hybridized carbons (Fsp3) is 0.222. The summed E-state index contributed by atoms with van der Waals surface area (Å²) in [5, 5.41) is 0. The van der Waals surface area contributed by atoms with Crippen LogP contribution in [0, 0.1) is 0 Å². The maximum atomic E-state index is 11.7. The fourth-order valence-corrected chi connectivity index (χ4v) is 2.62. The van der Waals surface area contributed by atoms with E-state index in [0.29, 0.717) is 9.99 Å². The van der Waals surface area contributed by atoms with Gasteiger partial charge in [-0.1, -0.05) is 18.2 Å². The third-order valence-corrected chi connectivity index (χ3v) is 3.57. The number of amides is 1. The Kier molecular flexibility index (Phi) is 2.47. The van der Waals surface area contributed by atoms with E-state index in [-0.39, 0.29) is 6.54 Å². The number of anilines is 1. The van der Waals surface area contributed by atoms with Gasteiger partial charge in [-0.05, 0) is 11.6 Å². The molecule has 1 N–H and O–H groups in total. The molecule has 6 nitrogen and oxygen atoms in total. The summed E-state index contributed by atoms with van der Waals surface area (Å²) in [5.41, 5.74) is 1.21. The highest BCUT2D eigenvalue weighted by Gasteiger charge is 2.33. The first-order valence-electron chi connectivity index (χ1n) is 4.51. The Morgan fingerprint density at radius 3 is 2.81 bits per heavy atom. The van der Waals surface area contributed by atoms with E-state index in [0.717, 1.165) is 12.7 Å². The smallest absolute Gasteiger partial charge is 0.424 e. The first kappa shape index (κ1) is 10.7. The van der Waals surface area contributed by atoms with Crippen molar-refractivity contribution in [1.82, 2.24) is 4.31 Å². The highest BCUT2D eigenvalue weighted by Crippen LogP contribution is 2.26. The first-order valence-corrected chi connectivity index (χ1v) is 5.95. The normalized spacial score (nSPS) is 17.2.